The topological polar surface area (TPSA) is 89.0 Å². The third kappa shape index (κ3) is 5.33. The molecule has 6 rings (SSSR count). The van der Waals surface area contributed by atoms with Crippen LogP contribution in [0.1, 0.15) is 0 Å². The summed E-state index contributed by atoms with van der Waals surface area (Å²) in [6.45, 7) is 0.227. The average molecular weight is 557 g/mol. The number of benzene rings is 6. The van der Waals surface area contributed by atoms with Crippen LogP contribution in [0.2, 0.25) is 0 Å². The van der Waals surface area contributed by atoms with Gasteiger partial charge in [-0.25, -0.2) is 0 Å². The Morgan fingerprint density at radius 1 is 0.452 bits per heavy atom. The first kappa shape index (κ1) is 27.1. The van der Waals surface area contributed by atoms with Crippen LogP contribution in [0.15, 0.2) is 109 Å². The van der Waals surface area contributed by atoms with E-state index in [0.29, 0.717) is 11.5 Å². The van der Waals surface area contributed by atoms with Crippen molar-refractivity contribution >= 4 is 32.9 Å². The van der Waals surface area contributed by atoms with E-state index in [2.05, 4.69) is 48.5 Å². The second-order valence-corrected chi connectivity index (χ2v) is 10.1. The molecule has 6 aromatic rings. The number of methoxy groups -OCH3 is 2. The van der Waals surface area contributed by atoms with Crippen LogP contribution in [0.25, 0.3) is 54.9 Å². The van der Waals surface area contributed by atoms with E-state index in [1.54, 1.807) is 14.2 Å². The lowest BCUT2D eigenvalue weighted by molar-refractivity contribution is 0.0502. The maximum Gasteiger partial charge on any atom is 0.188 e. The third-order valence-corrected chi connectivity index (χ3v) is 7.37. The zero-order valence-corrected chi connectivity index (χ0v) is 23.6. The average Bonchev–Trinajstić information content (AvgIpc) is 3.02. The van der Waals surface area contributed by atoms with Gasteiger partial charge < -0.3 is 30.4 Å². The minimum Gasteiger partial charge on any atom is -0.467 e. The van der Waals surface area contributed by atoms with E-state index in [1.165, 1.54) is 0 Å². The van der Waals surface area contributed by atoms with Crippen LogP contribution in [0.5, 0.6) is 11.5 Å². The van der Waals surface area contributed by atoms with Crippen LogP contribution >= 0.6 is 0 Å². The molecule has 0 amide bonds. The summed E-state index contributed by atoms with van der Waals surface area (Å²) in [5, 5.41) is 4.19. The quantitative estimate of drug-likeness (QED) is 0.138. The highest BCUT2D eigenvalue weighted by Crippen LogP contribution is 2.46. The fourth-order valence-corrected chi connectivity index (χ4v) is 5.33. The summed E-state index contributed by atoms with van der Waals surface area (Å²) < 4.78 is 22.9. The Balaban J connectivity index is 1.59. The van der Waals surface area contributed by atoms with Gasteiger partial charge in [0.2, 0.25) is 0 Å². The van der Waals surface area contributed by atoms with Crippen molar-refractivity contribution in [2.24, 2.45) is 0 Å². The molecule has 6 heteroatoms. The van der Waals surface area contributed by atoms with Gasteiger partial charge in [0.1, 0.15) is 11.5 Å². The van der Waals surface area contributed by atoms with Gasteiger partial charge >= 0.3 is 0 Å². The molecule has 0 aliphatic rings. The van der Waals surface area contributed by atoms with Gasteiger partial charge in [-0.05, 0) is 92.3 Å². The molecule has 0 atom stereocenters. The predicted octanol–water partition coefficient (Wildman–Crippen LogP) is 8.12. The summed E-state index contributed by atoms with van der Waals surface area (Å²) in [6, 6.07) is 36.8. The van der Waals surface area contributed by atoms with Crippen molar-refractivity contribution in [3.63, 3.8) is 0 Å². The molecule has 4 N–H and O–H groups in total. The van der Waals surface area contributed by atoms with Gasteiger partial charge in [0.25, 0.3) is 0 Å². The Hall–Kier alpha value is -5.04. The number of nitrogen functional groups attached to an aromatic ring is 2. The van der Waals surface area contributed by atoms with Gasteiger partial charge in [0.05, 0.1) is 0 Å². The SMILES string of the molecule is COCOc1ccc2cc(-c3ccc(N)cc3)ccc2c1-c1c(OCOC)ccc2cc(-c3ccc(N)cc3)ccc12. The summed E-state index contributed by atoms with van der Waals surface area (Å²) in [5.74, 6) is 1.39. The minimum atomic E-state index is 0.113. The number of nitrogens with two attached hydrogens (primary N) is 2. The van der Waals surface area contributed by atoms with Gasteiger partial charge in [-0.3, -0.25) is 0 Å². The second kappa shape index (κ2) is 11.8. The first-order chi connectivity index (χ1) is 20.6. The van der Waals surface area contributed by atoms with E-state index in [9.17, 15) is 0 Å². The van der Waals surface area contributed by atoms with Crippen LogP contribution in [-0.2, 0) is 9.47 Å². The van der Waals surface area contributed by atoms with Crippen molar-refractivity contribution in [1.82, 2.24) is 0 Å². The van der Waals surface area contributed by atoms with E-state index < -0.39 is 0 Å². The van der Waals surface area contributed by atoms with Crippen molar-refractivity contribution in [3.05, 3.63) is 109 Å². The molecule has 0 spiro atoms. The fraction of sp³-hybridized carbons (Fsp3) is 0.111. The Kier molecular flexibility index (Phi) is 7.64. The molecule has 42 heavy (non-hydrogen) atoms. The standard InChI is InChI=1S/C36H32N2O4/c1-39-21-41-33-17-9-27-19-25(23-3-11-29(37)12-4-23)7-15-31(27)35(33)36-32-16-8-26(24-5-13-30(38)14-6-24)20-28(32)10-18-34(36)42-22-40-2/h3-20H,21-22,37-38H2,1-2H3. The molecule has 6 nitrogen and oxygen atoms in total. The van der Waals surface area contributed by atoms with Crippen molar-refractivity contribution in [2.45, 2.75) is 0 Å². The molecule has 210 valence electrons. The van der Waals surface area contributed by atoms with Crippen LogP contribution in [-0.4, -0.2) is 27.8 Å². The van der Waals surface area contributed by atoms with E-state index >= 15 is 0 Å². The largest absolute Gasteiger partial charge is 0.467 e. The summed E-state index contributed by atoms with van der Waals surface area (Å²) in [4.78, 5) is 0. The normalized spacial score (nSPS) is 11.2. The fourth-order valence-electron chi connectivity index (χ4n) is 5.33. The lowest BCUT2D eigenvalue weighted by atomic mass is 9.90. The van der Waals surface area contributed by atoms with E-state index in [-0.39, 0.29) is 13.6 Å². The van der Waals surface area contributed by atoms with Crippen molar-refractivity contribution in [1.29, 1.82) is 0 Å². The molecule has 0 bridgehead atoms. The van der Waals surface area contributed by atoms with Gasteiger partial charge in [-0.2, -0.15) is 0 Å². The molecule has 6 aromatic carbocycles. The molecule has 0 aliphatic heterocycles. The highest BCUT2D eigenvalue weighted by molar-refractivity contribution is 6.11. The Morgan fingerprint density at radius 3 is 1.21 bits per heavy atom. The molecule has 0 saturated carbocycles. The summed E-state index contributed by atoms with van der Waals surface area (Å²) in [5.41, 5.74) is 19.6. The van der Waals surface area contributed by atoms with Crippen LogP contribution in [0, 0.1) is 0 Å². The van der Waals surface area contributed by atoms with Crippen molar-refractivity contribution in [3.8, 4) is 44.9 Å². The molecular formula is C36H32N2O4. The van der Waals surface area contributed by atoms with E-state index in [4.69, 9.17) is 30.4 Å². The highest BCUT2D eigenvalue weighted by atomic mass is 16.7. The molecule has 0 aromatic heterocycles. The maximum atomic E-state index is 6.15. The number of anilines is 2. The number of rotatable bonds is 9. The second-order valence-electron chi connectivity index (χ2n) is 10.1. The predicted molar refractivity (Wildman–Crippen MR) is 172 cm³/mol. The summed E-state index contributed by atoms with van der Waals surface area (Å²) >= 11 is 0. The van der Waals surface area contributed by atoms with E-state index in [1.807, 2.05) is 60.7 Å². The first-order valence-electron chi connectivity index (χ1n) is 13.6. The number of hydrogen-bond acceptors (Lipinski definition) is 6. The lowest BCUT2D eigenvalue weighted by Crippen LogP contribution is -2.04. The van der Waals surface area contributed by atoms with Gasteiger partial charge in [-0.1, -0.05) is 60.7 Å². The van der Waals surface area contributed by atoms with E-state index in [0.717, 1.165) is 66.3 Å². The molecule has 0 fully saturated rings. The van der Waals surface area contributed by atoms with Gasteiger partial charge in [-0.15, -0.1) is 0 Å². The molecule has 0 aliphatic carbocycles. The summed E-state index contributed by atoms with van der Waals surface area (Å²) in [6.07, 6.45) is 0. The lowest BCUT2D eigenvalue weighted by Gasteiger charge is -2.20. The summed E-state index contributed by atoms with van der Waals surface area (Å²) in [7, 11) is 3.23. The van der Waals surface area contributed by atoms with Gasteiger partial charge in [0.15, 0.2) is 13.6 Å². The monoisotopic (exact) mass is 556 g/mol. The Morgan fingerprint density at radius 2 is 0.833 bits per heavy atom. The minimum absolute atomic E-state index is 0.113. The zero-order chi connectivity index (χ0) is 29.1. The molecular weight excluding hydrogens is 524 g/mol. The van der Waals surface area contributed by atoms with Crippen LogP contribution in [0.3, 0.4) is 0 Å². The molecule has 0 saturated heterocycles. The Bertz CT molecular complexity index is 1730. The number of hydrogen-bond donors (Lipinski definition) is 2. The van der Waals surface area contributed by atoms with Crippen molar-refractivity contribution < 1.29 is 18.9 Å². The third-order valence-electron chi connectivity index (χ3n) is 7.37. The van der Waals surface area contributed by atoms with Gasteiger partial charge in [0, 0.05) is 36.7 Å². The number of ether oxygens (including phenoxy) is 4. The molecule has 0 heterocycles. The smallest absolute Gasteiger partial charge is 0.188 e. The highest BCUT2D eigenvalue weighted by Gasteiger charge is 2.20. The maximum absolute atomic E-state index is 6.15. The molecule has 0 unspecified atom stereocenters. The van der Waals surface area contributed by atoms with Crippen molar-refractivity contribution in [2.75, 3.05) is 39.3 Å². The first-order valence-corrected chi connectivity index (χ1v) is 13.6. The number of fused-ring (bicyclic) bond motifs is 2. The van der Waals surface area contributed by atoms with Crippen LogP contribution in [0.4, 0.5) is 11.4 Å². The Labute approximate surface area is 245 Å². The molecule has 0 radical (unpaired) electrons. The van der Waals surface area contributed by atoms with Crippen LogP contribution < -0.4 is 20.9 Å². The zero-order valence-electron chi connectivity index (χ0n) is 23.6.